The van der Waals surface area contributed by atoms with Crippen LogP contribution in [0, 0.1) is 0 Å². The van der Waals surface area contributed by atoms with Crippen LogP contribution in [0.25, 0.3) is 0 Å². The van der Waals surface area contributed by atoms with Crippen LogP contribution in [0.4, 0.5) is 0 Å². The number of epoxide rings is 1. The van der Waals surface area contributed by atoms with Gasteiger partial charge in [0.15, 0.2) is 5.78 Å². The van der Waals surface area contributed by atoms with E-state index in [1.807, 2.05) is 42.5 Å². The predicted molar refractivity (Wildman–Crippen MR) is 98.0 cm³/mol. The van der Waals surface area contributed by atoms with E-state index in [1.165, 1.54) is 5.56 Å². The second-order valence-electron chi connectivity index (χ2n) is 7.04. The van der Waals surface area contributed by atoms with E-state index in [0.717, 1.165) is 11.1 Å². The number of hydrogen-bond donors (Lipinski definition) is 0. The molecule has 0 bridgehead atoms. The van der Waals surface area contributed by atoms with Crippen molar-refractivity contribution in [3.05, 3.63) is 63.6 Å². The Morgan fingerprint density at radius 1 is 1.21 bits per heavy atom. The molecular formula is C20H21BrO3. The fourth-order valence-electron chi connectivity index (χ4n) is 2.46. The summed E-state index contributed by atoms with van der Waals surface area (Å²) in [6.45, 7) is 7.67. The third-order valence-electron chi connectivity index (χ3n) is 4.04. The van der Waals surface area contributed by atoms with Gasteiger partial charge in [-0.05, 0) is 39.0 Å². The Labute approximate surface area is 151 Å². The predicted octanol–water partition coefficient (Wildman–Crippen LogP) is 4.76. The normalized spacial score (nSPS) is 16.8. The molecule has 4 heteroatoms. The SMILES string of the molecule is CC(C)(C)c1ccc(C(=O)c2c(Br)cccc2OCC2CO2)cc1. The molecule has 0 N–H and O–H groups in total. The molecule has 24 heavy (non-hydrogen) atoms. The van der Waals surface area contributed by atoms with Crippen LogP contribution in [0.2, 0.25) is 0 Å². The molecule has 3 nitrogen and oxygen atoms in total. The van der Waals surface area contributed by atoms with Crippen molar-refractivity contribution in [2.24, 2.45) is 0 Å². The van der Waals surface area contributed by atoms with Crippen molar-refractivity contribution in [3.8, 4) is 5.75 Å². The highest BCUT2D eigenvalue weighted by atomic mass is 79.9. The average Bonchev–Trinajstić information content (AvgIpc) is 3.36. The van der Waals surface area contributed by atoms with E-state index >= 15 is 0 Å². The summed E-state index contributed by atoms with van der Waals surface area (Å²) < 4.78 is 11.7. The molecule has 2 aromatic carbocycles. The van der Waals surface area contributed by atoms with Crippen LogP contribution in [0.1, 0.15) is 42.3 Å². The number of ketones is 1. The Hall–Kier alpha value is -1.65. The summed E-state index contributed by atoms with van der Waals surface area (Å²) in [6.07, 6.45) is 0.151. The minimum atomic E-state index is -0.0466. The van der Waals surface area contributed by atoms with E-state index in [1.54, 1.807) is 0 Å². The first kappa shape index (κ1) is 17.2. The van der Waals surface area contributed by atoms with Crippen LogP contribution < -0.4 is 4.74 Å². The van der Waals surface area contributed by atoms with E-state index in [2.05, 4.69) is 36.7 Å². The molecule has 1 atom stereocenters. The van der Waals surface area contributed by atoms with Crippen LogP contribution in [0.3, 0.4) is 0 Å². The molecule has 1 fully saturated rings. The highest BCUT2D eigenvalue weighted by molar-refractivity contribution is 9.10. The first-order chi connectivity index (χ1) is 11.4. The highest BCUT2D eigenvalue weighted by Crippen LogP contribution is 2.31. The van der Waals surface area contributed by atoms with Gasteiger partial charge >= 0.3 is 0 Å². The van der Waals surface area contributed by atoms with Crippen molar-refractivity contribution in [1.82, 2.24) is 0 Å². The quantitative estimate of drug-likeness (QED) is 0.547. The van der Waals surface area contributed by atoms with Gasteiger partial charge in [-0.1, -0.05) is 51.1 Å². The first-order valence-corrected chi connectivity index (χ1v) is 8.84. The topological polar surface area (TPSA) is 38.8 Å². The lowest BCUT2D eigenvalue weighted by atomic mass is 9.86. The van der Waals surface area contributed by atoms with E-state index in [9.17, 15) is 4.79 Å². The van der Waals surface area contributed by atoms with Gasteiger partial charge in [-0.3, -0.25) is 4.79 Å². The van der Waals surface area contributed by atoms with Crippen LogP contribution in [-0.2, 0) is 10.2 Å². The number of carbonyl (C=O) groups is 1. The Morgan fingerprint density at radius 2 is 1.88 bits per heavy atom. The van der Waals surface area contributed by atoms with Crippen LogP contribution in [0.15, 0.2) is 46.9 Å². The minimum absolute atomic E-state index is 0.0466. The maximum absolute atomic E-state index is 13.0. The van der Waals surface area contributed by atoms with E-state index in [0.29, 0.717) is 23.5 Å². The van der Waals surface area contributed by atoms with Gasteiger partial charge < -0.3 is 9.47 Å². The van der Waals surface area contributed by atoms with Gasteiger partial charge in [-0.25, -0.2) is 0 Å². The Kier molecular flexibility index (Phi) is 4.79. The van der Waals surface area contributed by atoms with Crippen molar-refractivity contribution in [2.75, 3.05) is 13.2 Å². The zero-order valence-electron chi connectivity index (χ0n) is 14.1. The fraction of sp³-hybridized carbons (Fsp3) is 0.350. The Balaban J connectivity index is 1.88. The molecule has 0 amide bonds. The standard InChI is InChI=1S/C20H21BrO3/c1-20(2,3)14-9-7-13(8-10-14)19(22)18-16(21)5-4-6-17(18)24-12-15-11-23-15/h4-10,15H,11-12H2,1-3H3. The number of benzene rings is 2. The number of ether oxygens (including phenoxy) is 2. The third kappa shape index (κ3) is 3.87. The Bertz CT molecular complexity index is 740. The molecular weight excluding hydrogens is 368 g/mol. The maximum Gasteiger partial charge on any atom is 0.197 e. The van der Waals surface area contributed by atoms with E-state index < -0.39 is 0 Å². The van der Waals surface area contributed by atoms with Crippen molar-refractivity contribution in [1.29, 1.82) is 0 Å². The lowest BCUT2D eigenvalue weighted by molar-refractivity contribution is 0.103. The van der Waals surface area contributed by atoms with Gasteiger partial charge in [-0.2, -0.15) is 0 Å². The molecule has 0 aliphatic carbocycles. The molecule has 126 valence electrons. The van der Waals surface area contributed by atoms with Gasteiger partial charge in [0.25, 0.3) is 0 Å². The maximum atomic E-state index is 13.0. The molecule has 1 unspecified atom stereocenters. The highest BCUT2D eigenvalue weighted by Gasteiger charge is 2.25. The van der Waals surface area contributed by atoms with E-state index in [4.69, 9.17) is 9.47 Å². The smallest absolute Gasteiger partial charge is 0.197 e. The van der Waals surface area contributed by atoms with Crippen molar-refractivity contribution in [3.63, 3.8) is 0 Å². The van der Waals surface area contributed by atoms with Crippen molar-refractivity contribution >= 4 is 21.7 Å². The summed E-state index contributed by atoms with van der Waals surface area (Å²) in [4.78, 5) is 13.0. The van der Waals surface area contributed by atoms with Crippen LogP contribution in [0.5, 0.6) is 5.75 Å². The largest absolute Gasteiger partial charge is 0.490 e. The number of carbonyl (C=O) groups excluding carboxylic acids is 1. The summed E-state index contributed by atoms with van der Waals surface area (Å²) in [5, 5.41) is 0. The molecule has 0 spiro atoms. The first-order valence-electron chi connectivity index (χ1n) is 8.04. The van der Waals surface area contributed by atoms with Crippen LogP contribution >= 0.6 is 15.9 Å². The second-order valence-corrected chi connectivity index (χ2v) is 7.89. The van der Waals surface area contributed by atoms with Gasteiger partial charge in [0.05, 0.1) is 12.2 Å². The summed E-state index contributed by atoms with van der Waals surface area (Å²) in [5.41, 5.74) is 2.48. The summed E-state index contributed by atoms with van der Waals surface area (Å²) in [5.74, 6) is 0.541. The van der Waals surface area contributed by atoms with Crippen LogP contribution in [-0.4, -0.2) is 25.1 Å². The number of hydrogen-bond acceptors (Lipinski definition) is 3. The molecule has 1 saturated heterocycles. The van der Waals surface area contributed by atoms with Crippen molar-refractivity contribution < 1.29 is 14.3 Å². The molecule has 0 radical (unpaired) electrons. The lowest BCUT2D eigenvalue weighted by Crippen LogP contribution is -2.12. The molecule has 1 aliphatic rings. The molecule has 3 rings (SSSR count). The number of rotatable bonds is 5. The average molecular weight is 389 g/mol. The van der Waals surface area contributed by atoms with E-state index in [-0.39, 0.29) is 17.3 Å². The molecule has 2 aromatic rings. The van der Waals surface area contributed by atoms with Crippen molar-refractivity contribution in [2.45, 2.75) is 32.3 Å². The number of halogens is 1. The van der Waals surface area contributed by atoms with Gasteiger partial charge in [0.1, 0.15) is 18.5 Å². The monoisotopic (exact) mass is 388 g/mol. The minimum Gasteiger partial charge on any atom is -0.490 e. The summed E-state index contributed by atoms with van der Waals surface area (Å²) in [7, 11) is 0. The van der Waals surface area contributed by atoms with Gasteiger partial charge in [0.2, 0.25) is 0 Å². The zero-order chi connectivity index (χ0) is 17.3. The summed E-state index contributed by atoms with van der Waals surface area (Å²) >= 11 is 3.48. The summed E-state index contributed by atoms with van der Waals surface area (Å²) in [6, 6.07) is 13.4. The van der Waals surface area contributed by atoms with Gasteiger partial charge in [0, 0.05) is 10.0 Å². The van der Waals surface area contributed by atoms with Gasteiger partial charge in [-0.15, -0.1) is 0 Å². The molecule has 1 aliphatic heterocycles. The lowest BCUT2D eigenvalue weighted by Gasteiger charge is -2.19. The zero-order valence-corrected chi connectivity index (χ0v) is 15.7. The third-order valence-corrected chi connectivity index (χ3v) is 4.70. The fourth-order valence-corrected chi connectivity index (χ4v) is 2.99. The molecule has 0 saturated carbocycles. The Morgan fingerprint density at radius 3 is 2.46 bits per heavy atom. The second kappa shape index (κ2) is 6.69. The molecule has 1 heterocycles. The molecule has 0 aromatic heterocycles.